The molecule has 2 amide bonds. The highest BCUT2D eigenvalue weighted by molar-refractivity contribution is 5.92. The Morgan fingerprint density at radius 3 is 2.31 bits per heavy atom. The molecule has 2 N–H and O–H groups in total. The molecule has 1 fully saturated rings. The third kappa shape index (κ3) is 6.45. The molecule has 1 aliphatic rings. The molecule has 170 valence electrons. The normalized spacial score (nSPS) is 14.0. The van der Waals surface area contributed by atoms with Gasteiger partial charge in [0.1, 0.15) is 0 Å². The van der Waals surface area contributed by atoms with E-state index in [2.05, 4.69) is 17.0 Å². The number of carbonyl (C=O) groups is 3. The maximum atomic E-state index is 12.5. The van der Waals surface area contributed by atoms with Gasteiger partial charge in [0, 0.05) is 32.7 Å². The molecule has 1 aliphatic heterocycles. The van der Waals surface area contributed by atoms with Crippen molar-refractivity contribution in [2.45, 2.75) is 6.54 Å². The highest BCUT2D eigenvalue weighted by Crippen LogP contribution is 2.28. The number of nitrogens with two attached hydrogens (primary N) is 1. The van der Waals surface area contributed by atoms with E-state index < -0.39 is 11.9 Å². The van der Waals surface area contributed by atoms with Crippen LogP contribution >= 0.6 is 0 Å². The minimum atomic E-state index is -0.652. The van der Waals surface area contributed by atoms with E-state index in [1.54, 1.807) is 4.90 Å². The van der Waals surface area contributed by atoms with Gasteiger partial charge in [0.2, 0.25) is 0 Å². The lowest BCUT2D eigenvalue weighted by Crippen LogP contribution is -2.49. The van der Waals surface area contributed by atoms with Crippen molar-refractivity contribution in [2.24, 2.45) is 5.73 Å². The molecule has 0 spiro atoms. The van der Waals surface area contributed by atoms with E-state index in [0.717, 1.165) is 19.6 Å². The summed E-state index contributed by atoms with van der Waals surface area (Å²) in [6.07, 6.45) is 0. The van der Waals surface area contributed by atoms with Gasteiger partial charge in [-0.1, -0.05) is 30.3 Å². The van der Waals surface area contributed by atoms with E-state index in [0.29, 0.717) is 13.1 Å². The smallest absolute Gasteiger partial charge is 0.338 e. The summed E-state index contributed by atoms with van der Waals surface area (Å²) >= 11 is 0. The van der Waals surface area contributed by atoms with Crippen molar-refractivity contribution >= 4 is 17.8 Å². The van der Waals surface area contributed by atoms with Crippen molar-refractivity contribution < 1.29 is 28.6 Å². The lowest BCUT2D eigenvalue weighted by atomic mass is 10.2. The number of benzene rings is 2. The Morgan fingerprint density at radius 1 is 0.938 bits per heavy atom. The second-order valence-corrected chi connectivity index (χ2v) is 7.34. The maximum absolute atomic E-state index is 12.5. The van der Waals surface area contributed by atoms with Crippen LogP contribution in [0.3, 0.4) is 0 Å². The highest BCUT2D eigenvalue weighted by atomic mass is 16.5. The Kier molecular flexibility index (Phi) is 8.04. The Hall–Kier alpha value is -3.59. The molecule has 3 rings (SSSR count). The number of piperazine rings is 1. The van der Waals surface area contributed by atoms with E-state index in [-0.39, 0.29) is 36.2 Å². The molecular formula is C23H27N3O6. The number of carbonyl (C=O) groups excluding carboxylic acids is 3. The van der Waals surface area contributed by atoms with Crippen molar-refractivity contribution in [3.8, 4) is 11.5 Å². The number of primary amides is 1. The van der Waals surface area contributed by atoms with E-state index in [1.807, 2.05) is 18.2 Å². The van der Waals surface area contributed by atoms with Crippen LogP contribution in [-0.2, 0) is 20.9 Å². The predicted octanol–water partition coefficient (Wildman–Crippen LogP) is 1.06. The minimum absolute atomic E-state index is 0.203. The summed E-state index contributed by atoms with van der Waals surface area (Å²) in [7, 11) is 1.41. The SMILES string of the molecule is COc1cc(C(=O)OCC(=O)N2CCN(Cc3ccccc3)CC2)ccc1OCC(N)=O. The predicted molar refractivity (Wildman–Crippen MR) is 116 cm³/mol. The lowest BCUT2D eigenvalue weighted by Gasteiger charge is -2.34. The van der Waals surface area contributed by atoms with Crippen LogP contribution in [0.25, 0.3) is 0 Å². The van der Waals surface area contributed by atoms with Crippen LogP contribution in [0.1, 0.15) is 15.9 Å². The van der Waals surface area contributed by atoms with Gasteiger partial charge in [0.05, 0.1) is 12.7 Å². The van der Waals surface area contributed by atoms with Crippen molar-refractivity contribution in [3.63, 3.8) is 0 Å². The quantitative estimate of drug-likeness (QED) is 0.579. The van der Waals surface area contributed by atoms with Gasteiger partial charge >= 0.3 is 5.97 Å². The van der Waals surface area contributed by atoms with Gasteiger partial charge in [-0.05, 0) is 23.8 Å². The van der Waals surface area contributed by atoms with Gasteiger partial charge in [-0.3, -0.25) is 14.5 Å². The second kappa shape index (κ2) is 11.1. The summed E-state index contributed by atoms with van der Waals surface area (Å²) in [5.41, 5.74) is 6.51. The van der Waals surface area contributed by atoms with Crippen LogP contribution in [0.15, 0.2) is 48.5 Å². The largest absolute Gasteiger partial charge is 0.493 e. The van der Waals surface area contributed by atoms with Gasteiger partial charge in [-0.25, -0.2) is 4.79 Å². The molecule has 0 radical (unpaired) electrons. The molecule has 0 saturated carbocycles. The molecule has 9 nitrogen and oxygen atoms in total. The molecule has 1 heterocycles. The first-order valence-corrected chi connectivity index (χ1v) is 10.3. The maximum Gasteiger partial charge on any atom is 0.338 e. The van der Waals surface area contributed by atoms with Crippen molar-refractivity contribution in [3.05, 3.63) is 59.7 Å². The Bertz CT molecular complexity index is 942. The van der Waals surface area contributed by atoms with Gasteiger partial charge < -0.3 is 24.8 Å². The Labute approximate surface area is 186 Å². The van der Waals surface area contributed by atoms with Crippen LogP contribution < -0.4 is 15.2 Å². The summed E-state index contributed by atoms with van der Waals surface area (Å²) < 4.78 is 15.6. The zero-order valence-corrected chi connectivity index (χ0v) is 18.0. The summed E-state index contributed by atoms with van der Waals surface area (Å²) in [6.45, 7) is 2.90. The van der Waals surface area contributed by atoms with E-state index in [1.165, 1.54) is 30.9 Å². The average molecular weight is 441 g/mol. The number of hydrogen-bond acceptors (Lipinski definition) is 7. The average Bonchev–Trinajstić information content (AvgIpc) is 2.82. The lowest BCUT2D eigenvalue weighted by molar-refractivity contribution is -0.136. The van der Waals surface area contributed by atoms with Gasteiger partial charge in [-0.2, -0.15) is 0 Å². The van der Waals surface area contributed by atoms with Crippen LogP contribution in [0.2, 0.25) is 0 Å². The van der Waals surface area contributed by atoms with E-state index in [4.69, 9.17) is 19.9 Å². The fourth-order valence-electron chi connectivity index (χ4n) is 3.36. The van der Waals surface area contributed by atoms with Gasteiger partial charge in [0.25, 0.3) is 11.8 Å². The first kappa shape index (κ1) is 23.1. The molecule has 0 atom stereocenters. The van der Waals surface area contributed by atoms with E-state index in [9.17, 15) is 14.4 Å². The molecule has 0 aromatic heterocycles. The summed E-state index contributed by atoms with van der Waals surface area (Å²) in [4.78, 5) is 39.7. The van der Waals surface area contributed by atoms with Crippen molar-refractivity contribution in [2.75, 3.05) is 46.5 Å². The summed E-state index contributed by atoms with van der Waals surface area (Å²) in [5, 5.41) is 0. The molecular weight excluding hydrogens is 414 g/mol. The first-order chi connectivity index (χ1) is 15.5. The highest BCUT2D eigenvalue weighted by Gasteiger charge is 2.22. The third-order valence-corrected chi connectivity index (χ3v) is 5.07. The van der Waals surface area contributed by atoms with Crippen LogP contribution in [0.4, 0.5) is 0 Å². The fourth-order valence-corrected chi connectivity index (χ4v) is 3.36. The number of esters is 1. The molecule has 0 bridgehead atoms. The van der Waals surface area contributed by atoms with Gasteiger partial charge in [-0.15, -0.1) is 0 Å². The van der Waals surface area contributed by atoms with Gasteiger partial charge in [0.15, 0.2) is 24.7 Å². The number of nitrogens with zero attached hydrogens (tertiary/aromatic N) is 2. The molecule has 1 saturated heterocycles. The standard InChI is InChI=1S/C23H27N3O6/c1-30-20-13-18(7-8-19(20)31-15-21(24)27)23(29)32-16-22(28)26-11-9-25(10-12-26)14-17-5-3-2-4-6-17/h2-8,13H,9-12,14-16H2,1H3,(H2,24,27). The topological polar surface area (TPSA) is 111 Å². The molecule has 2 aromatic carbocycles. The third-order valence-electron chi connectivity index (χ3n) is 5.07. The molecule has 32 heavy (non-hydrogen) atoms. The van der Waals surface area contributed by atoms with Crippen LogP contribution in [-0.4, -0.2) is 74.1 Å². The van der Waals surface area contributed by atoms with Crippen LogP contribution in [0, 0.1) is 0 Å². The monoisotopic (exact) mass is 441 g/mol. The molecule has 0 unspecified atom stereocenters. The van der Waals surface area contributed by atoms with E-state index >= 15 is 0 Å². The summed E-state index contributed by atoms with van der Waals surface area (Å²) in [6, 6.07) is 14.6. The Morgan fingerprint density at radius 2 is 1.66 bits per heavy atom. The van der Waals surface area contributed by atoms with Crippen molar-refractivity contribution in [1.29, 1.82) is 0 Å². The second-order valence-electron chi connectivity index (χ2n) is 7.34. The fraction of sp³-hybridized carbons (Fsp3) is 0.348. The number of amides is 2. The van der Waals surface area contributed by atoms with Crippen molar-refractivity contribution in [1.82, 2.24) is 9.80 Å². The zero-order chi connectivity index (χ0) is 22.9. The zero-order valence-electron chi connectivity index (χ0n) is 18.0. The number of methoxy groups -OCH3 is 1. The first-order valence-electron chi connectivity index (χ1n) is 10.3. The number of ether oxygens (including phenoxy) is 3. The Balaban J connectivity index is 1.46. The molecule has 0 aliphatic carbocycles. The molecule has 2 aromatic rings. The summed E-state index contributed by atoms with van der Waals surface area (Å²) in [5.74, 6) is -0.990. The molecule has 9 heteroatoms. The minimum Gasteiger partial charge on any atom is -0.493 e. The number of rotatable bonds is 9. The number of hydrogen-bond donors (Lipinski definition) is 1. The van der Waals surface area contributed by atoms with Crippen LogP contribution in [0.5, 0.6) is 11.5 Å².